The minimum absolute atomic E-state index is 0.158. The van der Waals surface area contributed by atoms with Crippen LogP contribution in [0.2, 0.25) is 0 Å². The Bertz CT molecular complexity index is 1270. The van der Waals surface area contributed by atoms with E-state index in [1.165, 1.54) is 17.8 Å². The molecule has 2 saturated carbocycles. The molecule has 190 valence electrons. The summed E-state index contributed by atoms with van der Waals surface area (Å²) in [5.74, 6) is 2.09. The highest BCUT2D eigenvalue weighted by atomic mass is 19.1. The van der Waals surface area contributed by atoms with E-state index in [0.717, 1.165) is 48.1 Å². The zero-order chi connectivity index (χ0) is 25.0. The molecule has 3 aliphatic rings. The van der Waals surface area contributed by atoms with Crippen molar-refractivity contribution in [1.82, 2.24) is 19.8 Å². The number of likely N-dealkylation sites (tertiary alicyclic amines) is 1. The molecule has 3 heterocycles. The van der Waals surface area contributed by atoms with Crippen LogP contribution in [-0.4, -0.2) is 76.7 Å². The zero-order valence-corrected chi connectivity index (χ0v) is 20.8. The fourth-order valence-corrected chi connectivity index (χ4v) is 6.55. The number of benzene rings is 1. The second-order valence-electron chi connectivity index (χ2n) is 10.9. The molecule has 1 aliphatic heterocycles. The van der Waals surface area contributed by atoms with E-state index >= 15 is 0 Å². The van der Waals surface area contributed by atoms with Gasteiger partial charge in [0.15, 0.2) is 0 Å². The highest BCUT2D eigenvalue weighted by Crippen LogP contribution is 2.47. The van der Waals surface area contributed by atoms with Crippen LogP contribution in [-0.2, 0) is 4.79 Å². The van der Waals surface area contributed by atoms with Gasteiger partial charge in [-0.05, 0) is 79.3 Å². The van der Waals surface area contributed by atoms with Crippen molar-refractivity contribution in [2.24, 2.45) is 11.8 Å². The number of nitrogens with zero attached hydrogens (tertiary/aromatic N) is 3. The smallest absolute Gasteiger partial charge is 0.236 e. The maximum atomic E-state index is 14.1. The van der Waals surface area contributed by atoms with E-state index in [1.807, 2.05) is 18.0 Å². The third-order valence-corrected chi connectivity index (χ3v) is 8.66. The van der Waals surface area contributed by atoms with Crippen LogP contribution >= 0.6 is 0 Å². The van der Waals surface area contributed by atoms with Crippen molar-refractivity contribution in [3.63, 3.8) is 0 Å². The average molecular weight is 493 g/mol. The van der Waals surface area contributed by atoms with E-state index < -0.39 is 0 Å². The minimum Gasteiger partial charge on any atom is -0.496 e. The lowest BCUT2D eigenvalue weighted by molar-refractivity contribution is -0.136. The standard InChI is InChI=1S/C28H33FN4O3/c1-32(20-10-21(34)11-20)27(35)15-33-13-17-7-16(8-18(17)14-33)25-12-24-22(5-6-30-28(24)31-25)23-9-19(29)3-4-26(23)36-2/h3-6,9,12,16-18,20-21,34H,7-8,10-11,13-15H2,1-2H3,(H,30,31). The van der Waals surface area contributed by atoms with E-state index in [1.54, 1.807) is 19.4 Å². The molecule has 1 saturated heterocycles. The molecule has 36 heavy (non-hydrogen) atoms. The number of hydrogen-bond donors (Lipinski definition) is 2. The normalized spacial score (nSPS) is 27.7. The number of aromatic amines is 1. The highest BCUT2D eigenvalue weighted by Gasteiger charge is 2.43. The van der Waals surface area contributed by atoms with Gasteiger partial charge < -0.3 is 19.7 Å². The van der Waals surface area contributed by atoms with Gasteiger partial charge in [0.2, 0.25) is 5.91 Å². The summed E-state index contributed by atoms with van der Waals surface area (Å²) in [6.45, 7) is 2.38. The highest BCUT2D eigenvalue weighted by molar-refractivity contribution is 5.95. The van der Waals surface area contributed by atoms with E-state index in [4.69, 9.17) is 4.74 Å². The summed E-state index contributed by atoms with van der Waals surface area (Å²) in [6.07, 6.45) is 5.07. The van der Waals surface area contributed by atoms with Crippen LogP contribution < -0.4 is 4.74 Å². The summed E-state index contributed by atoms with van der Waals surface area (Å²) >= 11 is 0. The Hall–Kier alpha value is -2.97. The first-order valence-corrected chi connectivity index (χ1v) is 12.9. The van der Waals surface area contributed by atoms with Gasteiger partial charge >= 0.3 is 0 Å². The first-order chi connectivity index (χ1) is 17.4. The number of pyridine rings is 1. The van der Waals surface area contributed by atoms with E-state index in [9.17, 15) is 14.3 Å². The van der Waals surface area contributed by atoms with Crippen LogP contribution in [0.1, 0.15) is 37.3 Å². The number of methoxy groups -OCH3 is 1. The summed E-state index contributed by atoms with van der Waals surface area (Å²) in [7, 11) is 3.46. The van der Waals surface area contributed by atoms with Crippen molar-refractivity contribution in [2.45, 2.75) is 43.7 Å². The molecule has 0 radical (unpaired) electrons. The maximum absolute atomic E-state index is 14.1. The van der Waals surface area contributed by atoms with Gasteiger partial charge in [0, 0.05) is 49.0 Å². The Balaban J connectivity index is 1.14. The third kappa shape index (κ3) is 4.16. The van der Waals surface area contributed by atoms with Crippen molar-refractivity contribution < 1.29 is 19.0 Å². The van der Waals surface area contributed by atoms with Crippen LogP contribution in [0.3, 0.4) is 0 Å². The molecule has 3 fully saturated rings. The molecule has 3 aromatic rings. The quantitative estimate of drug-likeness (QED) is 0.547. The number of aliphatic hydroxyl groups excluding tert-OH is 1. The van der Waals surface area contributed by atoms with Crippen LogP contribution in [0.25, 0.3) is 22.2 Å². The number of nitrogens with one attached hydrogen (secondary N) is 1. The van der Waals surface area contributed by atoms with Crippen LogP contribution in [0, 0.1) is 17.7 Å². The van der Waals surface area contributed by atoms with Gasteiger partial charge in [0.05, 0.1) is 19.8 Å². The number of carbonyl (C=O) groups is 1. The van der Waals surface area contributed by atoms with Crippen molar-refractivity contribution >= 4 is 16.9 Å². The van der Waals surface area contributed by atoms with Crippen LogP contribution in [0.15, 0.2) is 36.5 Å². The second kappa shape index (κ2) is 9.16. The Kier molecular flexibility index (Phi) is 5.96. The second-order valence-corrected chi connectivity index (χ2v) is 10.9. The molecule has 2 atom stereocenters. The van der Waals surface area contributed by atoms with E-state index in [2.05, 4.69) is 20.9 Å². The summed E-state index contributed by atoms with van der Waals surface area (Å²) in [6, 6.07) is 8.86. The summed E-state index contributed by atoms with van der Waals surface area (Å²) in [4.78, 5) is 24.9. The van der Waals surface area contributed by atoms with Crippen molar-refractivity contribution in [3.8, 4) is 16.9 Å². The maximum Gasteiger partial charge on any atom is 0.236 e. The van der Waals surface area contributed by atoms with Gasteiger partial charge in [-0.3, -0.25) is 9.69 Å². The predicted molar refractivity (Wildman–Crippen MR) is 135 cm³/mol. The first kappa shape index (κ1) is 23.4. The Morgan fingerprint density at radius 3 is 2.61 bits per heavy atom. The number of likely N-dealkylation sites (N-methyl/N-ethyl adjacent to an activating group) is 1. The monoisotopic (exact) mass is 492 g/mol. The largest absolute Gasteiger partial charge is 0.496 e. The summed E-state index contributed by atoms with van der Waals surface area (Å²) in [5.41, 5.74) is 3.62. The zero-order valence-electron chi connectivity index (χ0n) is 20.8. The Labute approximate surface area is 210 Å². The molecule has 7 nitrogen and oxygen atoms in total. The van der Waals surface area contributed by atoms with Gasteiger partial charge in [0.1, 0.15) is 17.2 Å². The molecule has 0 spiro atoms. The topological polar surface area (TPSA) is 81.7 Å². The van der Waals surface area contributed by atoms with Crippen molar-refractivity contribution in [1.29, 1.82) is 0 Å². The number of aromatic nitrogens is 2. The van der Waals surface area contributed by atoms with Gasteiger partial charge in [0.25, 0.3) is 0 Å². The van der Waals surface area contributed by atoms with Crippen LogP contribution in [0.5, 0.6) is 5.75 Å². The van der Waals surface area contributed by atoms with Gasteiger partial charge in [-0.15, -0.1) is 0 Å². The molecular formula is C28H33FN4O3. The fourth-order valence-electron chi connectivity index (χ4n) is 6.55. The predicted octanol–water partition coefficient (Wildman–Crippen LogP) is 3.78. The first-order valence-electron chi connectivity index (χ1n) is 12.9. The lowest BCUT2D eigenvalue weighted by Crippen LogP contribution is -2.50. The summed E-state index contributed by atoms with van der Waals surface area (Å²) < 4.78 is 19.6. The number of fused-ring (bicyclic) bond motifs is 2. The van der Waals surface area contributed by atoms with Crippen molar-refractivity contribution in [2.75, 3.05) is 33.8 Å². The number of carbonyl (C=O) groups excluding carboxylic acids is 1. The number of hydrogen-bond acceptors (Lipinski definition) is 5. The fraction of sp³-hybridized carbons (Fsp3) is 0.500. The number of halogens is 1. The lowest BCUT2D eigenvalue weighted by Gasteiger charge is -2.39. The molecule has 1 amide bonds. The van der Waals surface area contributed by atoms with Crippen molar-refractivity contribution in [3.05, 3.63) is 48.0 Å². The van der Waals surface area contributed by atoms with E-state index in [0.29, 0.717) is 42.9 Å². The van der Waals surface area contributed by atoms with Gasteiger partial charge in [-0.2, -0.15) is 0 Å². The van der Waals surface area contributed by atoms with Crippen LogP contribution in [0.4, 0.5) is 4.39 Å². The Morgan fingerprint density at radius 1 is 1.17 bits per heavy atom. The molecule has 2 aliphatic carbocycles. The summed E-state index contributed by atoms with van der Waals surface area (Å²) in [5, 5.41) is 10.5. The number of H-pyrrole nitrogens is 1. The minimum atomic E-state index is -0.297. The average Bonchev–Trinajstić information content (AvgIpc) is 3.54. The molecule has 0 bridgehead atoms. The molecule has 2 aromatic heterocycles. The lowest BCUT2D eigenvalue weighted by atomic mass is 9.88. The van der Waals surface area contributed by atoms with Gasteiger partial charge in [-0.1, -0.05) is 0 Å². The number of amides is 1. The molecule has 2 unspecified atom stereocenters. The molecule has 6 rings (SSSR count). The Morgan fingerprint density at radius 2 is 1.92 bits per heavy atom. The molecule has 8 heteroatoms. The molecule has 2 N–H and O–H groups in total. The molecular weight excluding hydrogens is 459 g/mol. The van der Waals surface area contributed by atoms with E-state index in [-0.39, 0.29) is 23.9 Å². The third-order valence-electron chi connectivity index (χ3n) is 8.66. The molecule has 1 aromatic carbocycles. The van der Waals surface area contributed by atoms with Gasteiger partial charge in [-0.25, -0.2) is 9.37 Å². The number of rotatable bonds is 6. The SMILES string of the molecule is COc1ccc(F)cc1-c1ccnc2[nH]c(C3CC4CN(CC(=O)N(C)C5CC(O)C5)CC4C3)cc12. The number of ether oxygens (including phenoxy) is 1. The number of aliphatic hydroxyl groups is 1.